The lowest BCUT2D eigenvalue weighted by molar-refractivity contribution is -0.216. The molecule has 2 aliphatic carbocycles. The van der Waals surface area contributed by atoms with E-state index < -0.39 is 65.0 Å². The van der Waals surface area contributed by atoms with E-state index >= 15 is 0 Å². The monoisotopic (exact) mass is 428 g/mol. The van der Waals surface area contributed by atoms with Gasteiger partial charge in [0.15, 0.2) is 0 Å². The smallest absolute Gasteiger partial charge is 0.334 e. The van der Waals surface area contributed by atoms with Crippen LogP contribution in [0.3, 0.4) is 0 Å². The first kappa shape index (κ1) is 20.8. The molecule has 2 saturated heterocycles. The van der Waals surface area contributed by atoms with Gasteiger partial charge in [-0.3, -0.25) is 0 Å². The summed E-state index contributed by atoms with van der Waals surface area (Å²) in [6.07, 6.45) is -2.87. The maximum absolute atomic E-state index is 12.5. The number of hydrogen-bond acceptors (Lipinski definition) is 8. The zero-order valence-corrected chi connectivity index (χ0v) is 17.2. The average Bonchev–Trinajstić information content (AvgIpc) is 3.26. The van der Waals surface area contributed by atoms with E-state index in [1.807, 2.05) is 0 Å². The van der Waals surface area contributed by atoms with E-state index in [9.17, 15) is 24.9 Å². The number of carbonyl (C=O) groups is 2. The number of hydrogen-bond donors (Lipinski definition) is 3. The number of epoxide rings is 1. The first-order valence-corrected chi connectivity index (χ1v) is 10.1. The normalized spacial score (nSPS) is 50.9. The van der Waals surface area contributed by atoms with Crippen molar-refractivity contribution < 1.29 is 39.1 Å². The van der Waals surface area contributed by atoms with Crippen LogP contribution in [0.15, 0.2) is 23.8 Å². The van der Waals surface area contributed by atoms with Crippen molar-refractivity contribution in [2.75, 3.05) is 5.88 Å². The molecule has 0 aromatic rings. The van der Waals surface area contributed by atoms with Crippen LogP contribution in [0.2, 0.25) is 0 Å². The highest BCUT2D eigenvalue weighted by atomic mass is 35.5. The van der Waals surface area contributed by atoms with Gasteiger partial charge in [0.25, 0.3) is 0 Å². The van der Waals surface area contributed by atoms with Crippen molar-refractivity contribution in [3.63, 3.8) is 0 Å². The number of ether oxygens (including phenoxy) is 3. The van der Waals surface area contributed by atoms with Gasteiger partial charge in [0.1, 0.15) is 29.5 Å². The Hall–Kier alpha value is -1.45. The summed E-state index contributed by atoms with van der Waals surface area (Å²) in [6.45, 7) is 8.62. The van der Waals surface area contributed by atoms with Crippen LogP contribution in [0.25, 0.3) is 0 Å². The molecule has 9 heteroatoms. The third-order valence-corrected chi connectivity index (χ3v) is 7.68. The Labute approximate surface area is 173 Å². The summed E-state index contributed by atoms with van der Waals surface area (Å²) in [5.41, 5.74) is -4.63. The van der Waals surface area contributed by atoms with Gasteiger partial charge in [-0.2, -0.15) is 0 Å². The van der Waals surface area contributed by atoms with E-state index in [2.05, 4.69) is 6.58 Å². The number of rotatable bonds is 3. The molecule has 160 valence electrons. The largest absolute Gasteiger partial charge is 0.458 e. The van der Waals surface area contributed by atoms with Crippen molar-refractivity contribution in [2.24, 2.45) is 11.8 Å². The third-order valence-electron chi connectivity index (χ3n) is 7.22. The Bertz CT molecular complexity index is 825. The lowest BCUT2D eigenvalue weighted by atomic mass is 9.70. The van der Waals surface area contributed by atoms with Gasteiger partial charge < -0.3 is 29.5 Å². The van der Waals surface area contributed by atoms with Crippen molar-refractivity contribution in [3.05, 3.63) is 23.8 Å². The molecule has 0 unspecified atom stereocenters. The van der Waals surface area contributed by atoms with E-state index in [0.717, 1.165) is 0 Å². The molecule has 2 saturated carbocycles. The number of alkyl halides is 1. The van der Waals surface area contributed by atoms with E-state index in [1.54, 1.807) is 26.8 Å². The highest BCUT2D eigenvalue weighted by Crippen LogP contribution is 2.66. The summed E-state index contributed by atoms with van der Waals surface area (Å²) in [4.78, 5) is 24.8. The standard InChI is InChI=1S/C20H25ClO8/c1-5-8(2)16(23)27-10-6-19(25,7-21)13-12(22)15-18(4,29-15)20(13,26)14-11(10)9(3)17(24)28-14/h5,10-15,22,25-26H,3,6-7H2,1-2,4H3/b8-5+/t10-,11-,12+,13+,14+,15-,18-,19+,20-/m1/s1. The molecule has 4 aliphatic rings. The minimum Gasteiger partial charge on any atom is -0.458 e. The van der Waals surface area contributed by atoms with Crippen LogP contribution < -0.4 is 0 Å². The molecule has 2 aliphatic heterocycles. The second-order valence-electron chi connectivity index (χ2n) is 8.67. The first-order valence-electron chi connectivity index (χ1n) is 9.56. The molecule has 0 amide bonds. The Morgan fingerprint density at radius 2 is 2.07 bits per heavy atom. The second-order valence-corrected chi connectivity index (χ2v) is 8.94. The summed E-state index contributed by atoms with van der Waals surface area (Å²) in [5, 5.41) is 34.1. The van der Waals surface area contributed by atoms with Crippen LogP contribution in [0, 0.1) is 11.8 Å². The maximum atomic E-state index is 12.5. The molecular formula is C20H25ClO8. The number of esters is 2. The van der Waals surface area contributed by atoms with Crippen molar-refractivity contribution in [2.45, 2.75) is 68.4 Å². The van der Waals surface area contributed by atoms with Crippen LogP contribution in [0.1, 0.15) is 27.2 Å². The van der Waals surface area contributed by atoms with Crippen molar-refractivity contribution in [1.82, 2.24) is 0 Å². The van der Waals surface area contributed by atoms with Crippen LogP contribution in [0.5, 0.6) is 0 Å². The topological polar surface area (TPSA) is 126 Å². The Balaban J connectivity index is 1.84. The van der Waals surface area contributed by atoms with E-state index in [0.29, 0.717) is 5.57 Å². The van der Waals surface area contributed by atoms with Crippen molar-refractivity contribution in [1.29, 1.82) is 0 Å². The molecule has 9 atom stereocenters. The van der Waals surface area contributed by atoms with Gasteiger partial charge in [0.2, 0.25) is 0 Å². The van der Waals surface area contributed by atoms with Crippen LogP contribution >= 0.6 is 11.6 Å². The summed E-state index contributed by atoms with van der Waals surface area (Å²) in [6, 6.07) is 0. The minimum atomic E-state index is -1.95. The SMILES string of the molecule is C=C1C(=O)O[C@H]2[C@H]1[C@H](OC(=O)/C(C)=C/C)C[C@](O)(CCl)[C@@H]1[C@H](O)[C@H]3O[C@@]3(C)[C@]21O. The minimum absolute atomic E-state index is 0.0270. The third kappa shape index (κ3) is 2.47. The van der Waals surface area contributed by atoms with E-state index in [1.165, 1.54) is 0 Å². The molecule has 3 N–H and O–H groups in total. The zero-order chi connectivity index (χ0) is 21.5. The Morgan fingerprint density at radius 3 is 2.66 bits per heavy atom. The number of fused-ring (bicyclic) bond motifs is 5. The molecule has 0 bridgehead atoms. The molecule has 2 heterocycles. The van der Waals surface area contributed by atoms with Gasteiger partial charge in [-0.1, -0.05) is 12.7 Å². The quantitative estimate of drug-likeness (QED) is 0.252. The molecule has 4 fully saturated rings. The van der Waals surface area contributed by atoms with Gasteiger partial charge >= 0.3 is 11.9 Å². The predicted molar refractivity (Wildman–Crippen MR) is 99.8 cm³/mol. The number of carbonyl (C=O) groups excluding carboxylic acids is 2. The van der Waals surface area contributed by atoms with E-state index in [4.69, 9.17) is 25.8 Å². The maximum Gasteiger partial charge on any atom is 0.334 e. The number of aliphatic hydroxyl groups excluding tert-OH is 1. The zero-order valence-electron chi connectivity index (χ0n) is 16.4. The predicted octanol–water partition coefficient (Wildman–Crippen LogP) is 0.215. The summed E-state index contributed by atoms with van der Waals surface area (Å²) < 4.78 is 16.7. The van der Waals surface area contributed by atoms with Crippen molar-refractivity contribution in [3.8, 4) is 0 Å². The summed E-state index contributed by atoms with van der Waals surface area (Å²) in [5.74, 6) is -3.79. The summed E-state index contributed by atoms with van der Waals surface area (Å²) in [7, 11) is 0. The fraction of sp³-hybridized carbons (Fsp3) is 0.700. The van der Waals surface area contributed by atoms with Gasteiger partial charge in [-0.25, -0.2) is 9.59 Å². The summed E-state index contributed by atoms with van der Waals surface area (Å²) >= 11 is 6.11. The van der Waals surface area contributed by atoms with Crippen LogP contribution in [-0.4, -0.2) is 74.4 Å². The fourth-order valence-corrected chi connectivity index (χ4v) is 5.72. The van der Waals surface area contributed by atoms with Crippen molar-refractivity contribution >= 4 is 23.5 Å². The van der Waals surface area contributed by atoms with Gasteiger partial charge in [-0.15, -0.1) is 11.6 Å². The average molecular weight is 429 g/mol. The molecule has 4 rings (SSSR count). The Kier molecular flexibility index (Phi) is 4.50. The molecule has 0 radical (unpaired) electrons. The lowest BCUT2D eigenvalue weighted by Crippen LogP contribution is -2.64. The van der Waals surface area contributed by atoms with Crippen LogP contribution in [-0.2, 0) is 23.8 Å². The molecular weight excluding hydrogens is 404 g/mol. The van der Waals surface area contributed by atoms with Crippen LogP contribution in [0.4, 0.5) is 0 Å². The highest BCUT2D eigenvalue weighted by Gasteiger charge is 2.86. The fourth-order valence-electron chi connectivity index (χ4n) is 5.45. The van der Waals surface area contributed by atoms with Gasteiger partial charge in [0.05, 0.1) is 29.4 Å². The first-order chi connectivity index (χ1) is 13.5. The van der Waals surface area contributed by atoms with Gasteiger partial charge in [-0.05, 0) is 20.8 Å². The highest BCUT2D eigenvalue weighted by molar-refractivity contribution is 6.18. The molecule has 29 heavy (non-hydrogen) atoms. The number of allylic oxidation sites excluding steroid dienone is 1. The molecule has 0 aromatic carbocycles. The molecule has 0 aromatic heterocycles. The molecule has 8 nitrogen and oxygen atoms in total. The van der Waals surface area contributed by atoms with E-state index in [-0.39, 0.29) is 17.9 Å². The Morgan fingerprint density at radius 1 is 1.41 bits per heavy atom. The molecule has 0 spiro atoms. The number of halogens is 1. The lowest BCUT2D eigenvalue weighted by Gasteiger charge is -2.45. The second kappa shape index (κ2) is 6.28. The van der Waals surface area contributed by atoms with Gasteiger partial charge in [0, 0.05) is 17.6 Å². The number of aliphatic hydroxyl groups is 3.